The number of rotatable bonds is 5. The third-order valence-corrected chi connectivity index (χ3v) is 2.80. The molecule has 0 aromatic heterocycles. The predicted octanol–water partition coefficient (Wildman–Crippen LogP) is 0.982. The number of amides is 1. The van der Waals surface area contributed by atoms with Crippen LogP contribution in [0.1, 0.15) is 32.6 Å². The van der Waals surface area contributed by atoms with Crippen molar-refractivity contribution in [2.75, 3.05) is 13.6 Å². The molecule has 1 aliphatic rings. The lowest BCUT2D eigenvalue weighted by Crippen LogP contribution is -2.36. The number of hydrogen-bond acceptors (Lipinski definition) is 2. The van der Waals surface area contributed by atoms with Crippen LogP contribution in [0.4, 0.5) is 0 Å². The van der Waals surface area contributed by atoms with E-state index in [0.717, 1.165) is 12.8 Å². The fourth-order valence-corrected chi connectivity index (χ4v) is 1.39. The number of nitrogens with zero attached hydrogens (tertiary/aromatic N) is 1. The molecule has 0 bridgehead atoms. The molecule has 0 heterocycles. The van der Waals surface area contributed by atoms with Gasteiger partial charge in [-0.1, -0.05) is 0 Å². The Bertz CT molecular complexity index is 178. The van der Waals surface area contributed by atoms with Crippen LogP contribution in [-0.2, 0) is 4.79 Å². The van der Waals surface area contributed by atoms with Gasteiger partial charge in [-0.15, -0.1) is 0 Å². The van der Waals surface area contributed by atoms with E-state index >= 15 is 0 Å². The summed E-state index contributed by atoms with van der Waals surface area (Å²) < 4.78 is 0. The second-order valence-electron chi connectivity index (χ2n) is 4.08. The van der Waals surface area contributed by atoms with Crippen molar-refractivity contribution in [2.45, 2.75) is 38.6 Å². The van der Waals surface area contributed by atoms with Crippen LogP contribution in [0.2, 0.25) is 0 Å². The van der Waals surface area contributed by atoms with Gasteiger partial charge in [-0.3, -0.25) is 4.79 Å². The molecule has 0 aliphatic heterocycles. The number of carbonyl (C=O) groups is 1. The van der Waals surface area contributed by atoms with E-state index in [1.165, 1.54) is 12.8 Å². The highest BCUT2D eigenvalue weighted by Gasteiger charge is 2.26. The van der Waals surface area contributed by atoms with Crippen molar-refractivity contribution >= 4 is 5.91 Å². The van der Waals surface area contributed by atoms with Crippen LogP contribution in [0.5, 0.6) is 0 Å². The predicted molar refractivity (Wildman–Crippen MR) is 53.2 cm³/mol. The van der Waals surface area contributed by atoms with Gasteiger partial charge < -0.3 is 10.6 Å². The molecule has 1 rings (SSSR count). The van der Waals surface area contributed by atoms with Crippen molar-refractivity contribution in [1.82, 2.24) is 4.90 Å². The molecule has 3 heteroatoms. The largest absolute Gasteiger partial charge is 0.343 e. The maximum Gasteiger partial charge on any atom is 0.222 e. The van der Waals surface area contributed by atoms with Gasteiger partial charge in [0.15, 0.2) is 0 Å². The van der Waals surface area contributed by atoms with Crippen molar-refractivity contribution in [2.24, 2.45) is 11.7 Å². The lowest BCUT2D eigenvalue weighted by atomic mass is 10.2. The molecule has 0 radical (unpaired) electrons. The normalized spacial score (nSPS) is 18.4. The summed E-state index contributed by atoms with van der Waals surface area (Å²) in [5.41, 5.74) is 5.44. The summed E-state index contributed by atoms with van der Waals surface area (Å²) >= 11 is 0. The van der Waals surface area contributed by atoms with E-state index in [2.05, 4.69) is 6.92 Å². The first kappa shape index (κ1) is 10.5. The summed E-state index contributed by atoms with van der Waals surface area (Å²) in [6.07, 6.45) is 4.12. The third kappa shape index (κ3) is 3.35. The molecule has 0 aromatic carbocycles. The van der Waals surface area contributed by atoms with Gasteiger partial charge in [0, 0.05) is 19.5 Å². The molecule has 0 saturated heterocycles. The average Bonchev–Trinajstić information content (AvgIpc) is 2.87. The van der Waals surface area contributed by atoms with E-state index in [4.69, 9.17) is 5.73 Å². The minimum atomic E-state index is 0.281. The maximum absolute atomic E-state index is 11.6. The Hall–Kier alpha value is -0.570. The molecule has 1 amide bonds. The van der Waals surface area contributed by atoms with Crippen LogP contribution in [0.3, 0.4) is 0 Å². The Balaban J connectivity index is 2.26. The number of carbonyl (C=O) groups excluding carboxylic acids is 1. The SMILES string of the molecule is CC(CCN)N(C)C(=O)CC1CC1. The Morgan fingerprint density at radius 1 is 1.62 bits per heavy atom. The van der Waals surface area contributed by atoms with Crippen molar-refractivity contribution in [3.63, 3.8) is 0 Å². The molecular weight excluding hydrogens is 164 g/mol. The van der Waals surface area contributed by atoms with Gasteiger partial charge in [0.1, 0.15) is 0 Å². The molecule has 1 aliphatic carbocycles. The summed E-state index contributed by atoms with van der Waals surface area (Å²) in [5.74, 6) is 0.962. The van der Waals surface area contributed by atoms with Gasteiger partial charge in [-0.25, -0.2) is 0 Å². The van der Waals surface area contributed by atoms with Crippen LogP contribution in [0.15, 0.2) is 0 Å². The maximum atomic E-state index is 11.6. The number of hydrogen-bond donors (Lipinski definition) is 1. The van der Waals surface area contributed by atoms with Gasteiger partial charge in [0.2, 0.25) is 5.91 Å². The third-order valence-electron chi connectivity index (χ3n) is 2.80. The summed E-state index contributed by atoms with van der Waals surface area (Å²) in [4.78, 5) is 13.4. The molecule has 1 fully saturated rings. The fourth-order valence-electron chi connectivity index (χ4n) is 1.39. The van der Waals surface area contributed by atoms with E-state index in [-0.39, 0.29) is 11.9 Å². The minimum Gasteiger partial charge on any atom is -0.343 e. The van der Waals surface area contributed by atoms with E-state index in [0.29, 0.717) is 12.5 Å². The smallest absolute Gasteiger partial charge is 0.222 e. The molecule has 2 N–H and O–H groups in total. The van der Waals surface area contributed by atoms with Crippen molar-refractivity contribution in [3.05, 3.63) is 0 Å². The standard InChI is InChI=1S/C10H20N2O/c1-8(5-6-11)12(2)10(13)7-9-3-4-9/h8-9H,3-7,11H2,1-2H3. The zero-order valence-electron chi connectivity index (χ0n) is 8.62. The quantitative estimate of drug-likeness (QED) is 0.692. The highest BCUT2D eigenvalue weighted by Crippen LogP contribution is 2.32. The van der Waals surface area contributed by atoms with E-state index in [1.807, 2.05) is 11.9 Å². The van der Waals surface area contributed by atoms with E-state index < -0.39 is 0 Å². The topological polar surface area (TPSA) is 46.3 Å². The van der Waals surface area contributed by atoms with E-state index in [9.17, 15) is 4.79 Å². The second kappa shape index (κ2) is 4.61. The van der Waals surface area contributed by atoms with Crippen LogP contribution in [0, 0.1) is 5.92 Å². The summed E-state index contributed by atoms with van der Waals surface area (Å²) in [7, 11) is 1.88. The molecule has 13 heavy (non-hydrogen) atoms. The van der Waals surface area contributed by atoms with Gasteiger partial charge >= 0.3 is 0 Å². The highest BCUT2D eigenvalue weighted by molar-refractivity contribution is 5.76. The first-order valence-electron chi connectivity index (χ1n) is 5.11. The van der Waals surface area contributed by atoms with Crippen molar-refractivity contribution < 1.29 is 4.79 Å². The fraction of sp³-hybridized carbons (Fsp3) is 0.900. The van der Waals surface area contributed by atoms with Crippen LogP contribution in [-0.4, -0.2) is 30.4 Å². The number of nitrogens with two attached hydrogens (primary N) is 1. The summed E-state index contributed by atoms with van der Waals surface area (Å²) in [6, 6.07) is 0.288. The first-order valence-corrected chi connectivity index (χ1v) is 5.11. The Morgan fingerprint density at radius 2 is 2.23 bits per heavy atom. The molecule has 1 atom stereocenters. The molecule has 0 aromatic rings. The van der Waals surface area contributed by atoms with Gasteiger partial charge in [0.05, 0.1) is 0 Å². The van der Waals surface area contributed by atoms with E-state index in [1.54, 1.807) is 0 Å². The molecule has 1 saturated carbocycles. The Morgan fingerprint density at radius 3 is 2.69 bits per heavy atom. The Kier molecular flexibility index (Phi) is 3.72. The van der Waals surface area contributed by atoms with Crippen LogP contribution >= 0.6 is 0 Å². The van der Waals surface area contributed by atoms with Gasteiger partial charge in [-0.2, -0.15) is 0 Å². The zero-order chi connectivity index (χ0) is 9.84. The van der Waals surface area contributed by atoms with Crippen molar-refractivity contribution in [3.8, 4) is 0 Å². The monoisotopic (exact) mass is 184 g/mol. The first-order chi connectivity index (χ1) is 6.15. The zero-order valence-corrected chi connectivity index (χ0v) is 8.62. The average molecular weight is 184 g/mol. The van der Waals surface area contributed by atoms with Gasteiger partial charge in [0.25, 0.3) is 0 Å². The molecular formula is C10H20N2O. The van der Waals surface area contributed by atoms with Gasteiger partial charge in [-0.05, 0) is 38.6 Å². The summed E-state index contributed by atoms with van der Waals surface area (Å²) in [5, 5.41) is 0. The van der Waals surface area contributed by atoms with Crippen LogP contribution < -0.4 is 5.73 Å². The molecule has 0 spiro atoms. The summed E-state index contributed by atoms with van der Waals surface area (Å²) in [6.45, 7) is 2.71. The van der Waals surface area contributed by atoms with Crippen LogP contribution in [0.25, 0.3) is 0 Å². The second-order valence-corrected chi connectivity index (χ2v) is 4.08. The molecule has 3 nitrogen and oxygen atoms in total. The van der Waals surface area contributed by atoms with Crippen molar-refractivity contribution in [1.29, 1.82) is 0 Å². The minimum absolute atomic E-state index is 0.281. The Labute approximate surface area is 80.3 Å². The lowest BCUT2D eigenvalue weighted by molar-refractivity contribution is -0.132. The molecule has 76 valence electrons. The highest BCUT2D eigenvalue weighted by atomic mass is 16.2. The lowest BCUT2D eigenvalue weighted by Gasteiger charge is -2.24. The molecule has 1 unspecified atom stereocenters.